The van der Waals surface area contributed by atoms with E-state index in [4.69, 9.17) is 0 Å². The van der Waals surface area contributed by atoms with Crippen LogP contribution in [0.3, 0.4) is 0 Å². The Labute approximate surface area is 167 Å². The van der Waals surface area contributed by atoms with Gasteiger partial charge in [0.15, 0.2) is 0 Å². The average Bonchev–Trinajstić information content (AvgIpc) is 2.68. The van der Waals surface area contributed by atoms with Crippen LogP contribution in [-0.2, 0) is 0 Å². The normalized spacial score (nSPS) is 16.9. The number of benzene rings is 1. The lowest BCUT2D eigenvalue weighted by Crippen LogP contribution is -2.39. The minimum Gasteiger partial charge on any atom is -0.338 e. The van der Waals surface area contributed by atoms with Crippen molar-refractivity contribution in [2.24, 2.45) is 5.92 Å². The molecule has 148 valence electrons. The van der Waals surface area contributed by atoms with Gasteiger partial charge in [-0.15, -0.1) is 0 Å². The zero-order valence-electron chi connectivity index (χ0n) is 17.2. The molecule has 1 saturated heterocycles. The van der Waals surface area contributed by atoms with E-state index in [0.29, 0.717) is 11.5 Å². The van der Waals surface area contributed by atoms with Crippen LogP contribution in [0.15, 0.2) is 36.5 Å². The minimum absolute atomic E-state index is 0.0261. The van der Waals surface area contributed by atoms with Crippen molar-refractivity contribution in [3.8, 4) is 0 Å². The molecule has 1 aliphatic rings. The number of pyridine rings is 1. The Morgan fingerprint density at radius 2 is 2.04 bits per heavy atom. The second-order valence-electron chi connectivity index (χ2n) is 8.08. The maximum atomic E-state index is 12.8. The third-order valence-electron chi connectivity index (χ3n) is 5.35. The molecule has 1 N–H and O–H groups in total. The Morgan fingerprint density at radius 3 is 2.75 bits per heavy atom. The number of nitrogens with zero attached hydrogens (tertiary/aromatic N) is 2. The number of nitrogens with one attached hydrogen (secondary N) is 1. The Morgan fingerprint density at radius 1 is 1.25 bits per heavy atom. The van der Waals surface area contributed by atoms with Crippen LogP contribution < -0.4 is 5.32 Å². The van der Waals surface area contributed by atoms with Crippen molar-refractivity contribution >= 4 is 17.5 Å². The summed E-state index contributed by atoms with van der Waals surface area (Å²) in [7, 11) is 0. The van der Waals surface area contributed by atoms with E-state index in [2.05, 4.69) is 31.1 Å². The lowest BCUT2D eigenvalue weighted by atomic mass is 9.98. The molecule has 0 bridgehead atoms. The molecule has 2 aromatic rings. The SMILES string of the molecule is Cc1cccc(C(C)C)c1NC(=O)c1cc(C(=O)N2CCCC(C)C2)ccn1. The molecule has 2 heterocycles. The Kier molecular flexibility index (Phi) is 6.12. The number of hydrogen-bond acceptors (Lipinski definition) is 3. The lowest BCUT2D eigenvalue weighted by Gasteiger charge is -2.31. The summed E-state index contributed by atoms with van der Waals surface area (Å²) < 4.78 is 0. The summed E-state index contributed by atoms with van der Waals surface area (Å²) >= 11 is 0. The number of carbonyl (C=O) groups excluding carboxylic acids is 2. The van der Waals surface area contributed by atoms with Crippen LogP contribution >= 0.6 is 0 Å². The number of hydrogen-bond donors (Lipinski definition) is 1. The highest BCUT2D eigenvalue weighted by Crippen LogP contribution is 2.28. The summed E-state index contributed by atoms with van der Waals surface area (Å²) in [6, 6.07) is 9.29. The lowest BCUT2D eigenvalue weighted by molar-refractivity contribution is 0.0683. The molecule has 5 heteroatoms. The number of likely N-dealkylation sites (tertiary alicyclic amines) is 1. The summed E-state index contributed by atoms with van der Waals surface area (Å²) in [5, 5.41) is 3.00. The molecular formula is C23H29N3O2. The average molecular weight is 380 g/mol. The quantitative estimate of drug-likeness (QED) is 0.842. The summed E-state index contributed by atoms with van der Waals surface area (Å²) in [6.07, 6.45) is 3.72. The first kappa shape index (κ1) is 20.1. The van der Waals surface area contributed by atoms with Gasteiger partial charge in [0.1, 0.15) is 5.69 Å². The highest BCUT2D eigenvalue weighted by Gasteiger charge is 2.23. The number of aromatic nitrogens is 1. The molecule has 3 rings (SSSR count). The molecule has 5 nitrogen and oxygen atoms in total. The van der Waals surface area contributed by atoms with Crippen LogP contribution in [-0.4, -0.2) is 34.8 Å². The second-order valence-corrected chi connectivity index (χ2v) is 8.08. The van der Waals surface area contributed by atoms with Crippen LogP contribution in [0.2, 0.25) is 0 Å². The first-order valence-corrected chi connectivity index (χ1v) is 10.0. The predicted molar refractivity (Wildman–Crippen MR) is 112 cm³/mol. The third-order valence-corrected chi connectivity index (χ3v) is 5.35. The van der Waals surface area contributed by atoms with Gasteiger partial charge in [0.25, 0.3) is 11.8 Å². The fourth-order valence-electron chi connectivity index (χ4n) is 3.76. The van der Waals surface area contributed by atoms with Crippen LogP contribution in [0.5, 0.6) is 0 Å². The molecule has 1 fully saturated rings. The topological polar surface area (TPSA) is 62.3 Å². The van der Waals surface area contributed by atoms with Crippen molar-refractivity contribution in [3.63, 3.8) is 0 Å². The summed E-state index contributed by atoms with van der Waals surface area (Å²) in [4.78, 5) is 31.8. The van der Waals surface area contributed by atoms with Gasteiger partial charge in [-0.3, -0.25) is 14.6 Å². The Bertz CT molecular complexity index is 876. The van der Waals surface area contributed by atoms with Gasteiger partial charge in [-0.1, -0.05) is 39.0 Å². The standard InChI is InChI=1S/C23H29N3O2/c1-15(2)19-9-5-8-17(4)21(19)25-22(27)20-13-18(10-11-24-20)23(28)26-12-6-7-16(3)14-26/h5,8-11,13,15-16H,6-7,12,14H2,1-4H3,(H,25,27). The maximum Gasteiger partial charge on any atom is 0.274 e. The van der Waals surface area contributed by atoms with Gasteiger partial charge in [0, 0.05) is 30.5 Å². The van der Waals surface area contributed by atoms with Gasteiger partial charge in [-0.2, -0.15) is 0 Å². The number of aryl methyl sites for hydroxylation is 1. The molecule has 1 aromatic heterocycles. The largest absolute Gasteiger partial charge is 0.338 e. The molecule has 1 aliphatic heterocycles. The van der Waals surface area contributed by atoms with E-state index in [1.807, 2.05) is 30.0 Å². The number of anilines is 1. The number of rotatable bonds is 4. The zero-order chi connectivity index (χ0) is 20.3. The minimum atomic E-state index is -0.294. The van der Waals surface area contributed by atoms with Gasteiger partial charge < -0.3 is 10.2 Å². The molecule has 0 radical (unpaired) electrons. The van der Waals surface area contributed by atoms with E-state index in [-0.39, 0.29) is 23.4 Å². The Balaban J connectivity index is 1.81. The van der Waals surface area contributed by atoms with Crippen molar-refractivity contribution in [2.75, 3.05) is 18.4 Å². The molecule has 2 amide bonds. The van der Waals surface area contributed by atoms with E-state index in [1.54, 1.807) is 12.1 Å². The summed E-state index contributed by atoms with van der Waals surface area (Å²) in [5.74, 6) is 0.481. The van der Waals surface area contributed by atoms with Crippen molar-refractivity contribution in [2.45, 2.75) is 46.5 Å². The van der Waals surface area contributed by atoms with Crippen molar-refractivity contribution in [1.82, 2.24) is 9.88 Å². The fourth-order valence-corrected chi connectivity index (χ4v) is 3.76. The monoisotopic (exact) mass is 379 g/mol. The van der Waals surface area contributed by atoms with E-state index in [0.717, 1.165) is 42.7 Å². The van der Waals surface area contributed by atoms with Gasteiger partial charge in [-0.25, -0.2) is 0 Å². The van der Waals surface area contributed by atoms with Gasteiger partial charge in [0.05, 0.1) is 0 Å². The fraction of sp³-hybridized carbons (Fsp3) is 0.435. The summed E-state index contributed by atoms with van der Waals surface area (Å²) in [5.41, 5.74) is 3.69. The molecule has 1 atom stereocenters. The smallest absolute Gasteiger partial charge is 0.274 e. The molecule has 0 saturated carbocycles. The molecule has 0 spiro atoms. The van der Waals surface area contributed by atoms with Crippen LogP contribution in [0.1, 0.15) is 71.5 Å². The maximum absolute atomic E-state index is 12.8. The van der Waals surface area contributed by atoms with Gasteiger partial charge >= 0.3 is 0 Å². The van der Waals surface area contributed by atoms with Crippen molar-refractivity contribution in [3.05, 3.63) is 58.9 Å². The molecule has 28 heavy (non-hydrogen) atoms. The first-order chi connectivity index (χ1) is 13.4. The van der Waals surface area contributed by atoms with Crippen molar-refractivity contribution in [1.29, 1.82) is 0 Å². The summed E-state index contributed by atoms with van der Waals surface area (Å²) in [6.45, 7) is 9.88. The van der Waals surface area contributed by atoms with Gasteiger partial charge in [0.2, 0.25) is 0 Å². The second kappa shape index (κ2) is 8.55. The molecule has 0 aliphatic carbocycles. The van der Waals surface area contributed by atoms with Crippen LogP contribution in [0, 0.1) is 12.8 Å². The third kappa shape index (κ3) is 4.41. The number of para-hydroxylation sites is 1. The van der Waals surface area contributed by atoms with E-state index < -0.39 is 0 Å². The highest BCUT2D eigenvalue weighted by atomic mass is 16.2. The van der Waals surface area contributed by atoms with Crippen LogP contribution in [0.4, 0.5) is 5.69 Å². The number of amides is 2. The van der Waals surface area contributed by atoms with Gasteiger partial charge in [-0.05, 0) is 54.9 Å². The van der Waals surface area contributed by atoms with E-state index >= 15 is 0 Å². The number of piperidine rings is 1. The highest BCUT2D eigenvalue weighted by molar-refractivity contribution is 6.05. The first-order valence-electron chi connectivity index (χ1n) is 10.0. The zero-order valence-corrected chi connectivity index (χ0v) is 17.2. The van der Waals surface area contributed by atoms with E-state index in [9.17, 15) is 9.59 Å². The van der Waals surface area contributed by atoms with Crippen LogP contribution in [0.25, 0.3) is 0 Å². The molecule has 1 aromatic carbocycles. The Hall–Kier alpha value is -2.69. The number of carbonyl (C=O) groups is 2. The van der Waals surface area contributed by atoms with E-state index in [1.165, 1.54) is 6.20 Å². The molecule has 1 unspecified atom stereocenters. The predicted octanol–water partition coefficient (Wildman–Crippen LogP) is 4.64. The molecular weight excluding hydrogens is 350 g/mol. The van der Waals surface area contributed by atoms with Crippen molar-refractivity contribution < 1.29 is 9.59 Å².